The van der Waals surface area contributed by atoms with Crippen LogP contribution >= 0.6 is 0 Å². The number of hydrogen-bond donors (Lipinski definition) is 1. The summed E-state index contributed by atoms with van der Waals surface area (Å²) in [7, 11) is 2.30. The zero-order valence-corrected chi connectivity index (χ0v) is 14.8. The molecule has 3 heteroatoms. The normalized spacial score (nSPS) is 36.3. The maximum Gasteiger partial charge on any atom is 0.0702 e. The topological polar surface area (TPSA) is 24.5 Å². The molecule has 2 rings (SSSR count). The standard InChI is InChI=1S/C18H36N2O/c1-6-10-19-16-7-9-18(3,4)12-15(16)13-20(5)17-8-11-21-14(17)2/h14-17,19H,6-13H2,1-5H3. The van der Waals surface area contributed by atoms with Crippen molar-refractivity contribution in [1.82, 2.24) is 10.2 Å². The molecule has 1 N–H and O–H groups in total. The number of likely N-dealkylation sites (N-methyl/N-ethyl adjacent to an activating group) is 1. The average molecular weight is 296 g/mol. The van der Waals surface area contributed by atoms with E-state index in [1.54, 1.807) is 0 Å². The fourth-order valence-electron chi connectivity index (χ4n) is 4.33. The van der Waals surface area contributed by atoms with Crippen LogP contribution in [0.15, 0.2) is 0 Å². The van der Waals surface area contributed by atoms with Crippen LogP contribution in [0.5, 0.6) is 0 Å². The van der Waals surface area contributed by atoms with Gasteiger partial charge in [0.25, 0.3) is 0 Å². The van der Waals surface area contributed by atoms with Crippen molar-refractivity contribution in [2.75, 3.05) is 26.7 Å². The Labute approximate surface area is 131 Å². The van der Waals surface area contributed by atoms with Crippen LogP contribution in [0, 0.1) is 11.3 Å². The lowest BCUT2D eigenvalue weighted by molar-refractivity contribution is 0.0575. The van der Waals surface area contributed by atoms with E-state index in [9.17, 15) is 0 Å². The van der Waals surface area contributed by atoms with Gasteiger partial charge in [0, 0.05) is 25.2 Å². The molecule has 0 aromatic carbocycles. The Morgan fingerprint density at radius 1 is 1.29 bits per heavy atom. The van der Waals surface area contributed by atoms with Gasteiger partial charge in [-0.05, 0) is 64.0 Å². The lowest BCUT2D eigenvalue weighted by Crippen LogP contribution is -2.49. The number of nitrogens with one attached hydrogen (secondary N) is 1. The molecule has 21 heavy (non-hydrogen) atoms. The highest BCUT2D eigenvalue weighted by Crippen LogP contribution is 2.39. The van der Waals surface area contributed by atoms with Crippen molar-refractivity contribution in [2.45, 2.75) is 78.0 Å². The second kappa shape index (κ2) is 7.43. The van der Waals surface area contributed by atoms with Gasteiger partial charge >= 0.3 is 0 Å². The summed E-state index contributed by atoms with van der Waals surface area (Å²) < 4.78 is 5.75. The minimum Gasteiger partial charge on any atom is -0.377 e. The van der Waals surface area contributed by atoms with Gasteiger partial charge in [0.2, 0.25) is 0 Å². The Balaban J connectivity index is 1.94. The molecule has 0 aromatic heterocycles. The van der Waals surface area contributed by atoms with Crippen molar-refractivity contribution in [3.05, 3.63) is 0 Å². The third kappa shape index (κ3) is 4.67. The SMILES string of the molecule is CCCNC1CCC(C)(C)CC1CN(C)C1CCOC1C. The lowest BCUT2D eigenvalue weighted by atomic mass is 9.69. The molecule has 124 valence electrons. The first-order chi connectivity index (χ1) is 9.93. The van der Waals surface area contributed by atoms with E-state index in [0.717, 1.165) is 19.1 Å². The molecule has 0 aromatic rings. The number of nitrogens with zero attached hydrogens (tertiary/aromatic N) is 1. The maximum atomic E-state index is 5.75. The molecule has 1 saturated carbocycles. The van der Waals surface area contributed by atoms with Crippen molar-refractivity contribution >= 4 is 0 Å². The van der Waals surface area contributed by atoms with Gasteiger partial charge in [0.15, 0.2) is 0 Å². The predicted octanol–water partition coefficient (Wildman–Crippen LogP) is 3.29. The van der Waals surface area contributed by atoms with Gasteiger partial charge < -0.3 is 15.0 Å². The minimum atomic E-state index is 0.397. The van der Waals surface area contributed by atoms with Gasteiger partial charge in [0.05, 0.1) is 6.10 Å². The van der Waals surface area contributed by atoms with Gasteiger partial charge in [-0.25, -0.2) is 0 Å². The Morgan fingerprint density at radius 3 is 2.67 bits per heavy atom. The van der Waals surface area contributed by atoms with Crippen LogP contribution in [0.25, 0.3) is 0 Å². The lowest BCUT2D eigenvalue weighted by Gasteiger charge is -2.43. The third-order valence-corrected chi connectivity index (χ3v) is 5.60. The van der Waals surface area contributed by atoms with Crippen molar-refractivity contribution in [1.29, 1.82) is 0 Å². The van der Waals surface area contributed by atoms with Crippen LogP contribution in [0.4, 0.5) is 0 Å². The fourth-order valence-corrected chi connectivity index (χ4v) is 4.33. The molecule has 0 bridgehead atoms. The summed E-state index contributed by atoms with van der Waals surface area (Å²) in [6.07, 6.45) is 6.87. The van der Waals surface area contributed by atoms with E-state index < -0.39 is 0 Å². The van der Waals surface area contributed by atoms with E-state index in [2.05, 4.69) is 45.0 Å². The molecule has 1 aliphatic heterocycles. The molecule has 1 heterocycles. The Morgan fingerprint density at radius 2 is 2.05 bits per heavy atom. The molecule has 0 amide bonds. The molecule has 4 unspecified atom stereocenters. The first kappa shape index (κ1) is 17.2. The molecule has 2 fully saturated rings. The zero-order valence-electron chi connectivity index (χ0n) is 14.8. The monoisotopic (exact) mass is 296 g/mol. The number of rotatable bonds is 6. The molecule has 1 saturated heterocycles. The highest BCUT2D eigenvalue weighted by molar-refractivity contribution is 4.91. The summed E-state index contributed by atoms with van der Waals surface area (Å²) in [4.78, 5) is 2.57. The molecular weight excluding hydrogens is 260 g/mol. The molecular formula is C18H36N2O. The quantitative estimate of drug-likeness (QED) is 0.814. The largest absolute Gasteiger partial charge is 0.377 e. The highest BCUT2D eigenvalue weighted by Gasteiger charge is 2.37. The second-order valence-corrected chi connectivity index (χ2v) is 8.10. The second-order valence-electron chi connectivity index (χ2n) is 8.10. The van der Waals surface area contributed by atoms with E-state index in [4.69, 9.17) is 4.74 Å². The van der Waals surface area contributed by atoms with Crippen LogP contribution < -0.4 is 5.32 Å². The van der Waals surface area contributed by atoms with Crippen LogP contribution in [0.1, 0.15) is 59.8 Å². The van der Waals surface area contributed by atoms with Crippen LogP contribution in [-0.4, -0.2) is 49.8 Å². The number of hydrogen-bond acceptors (Lipinski definition) is 3. The zero-order chi connectivity index (χ0) is 15.5. The average Bonchev–Trinajstić information content (AvgIpc) is 2.83. The predicted molar refractivity (Wildman–Crippen MR) is 89.7 cm³/mol. The van der Waals surface area contributed by atoms with E-state index in [1.807, 2.05) is 0 Å². The highest BCUT2D eigenvalue weighted by atomic mass is 16.5. The van der Waals surface area contributed by atoms with Crippen molar-refractivity contribution < 1.29 is 4.74 Å². The first-order valence-electron chi connectivity index (χ1n) is 8.98. The fraction of sp³-hybridized carbons (Fsp3) is 1.00. The van der Waals surface area contributed by atoms with Gasteiger partial charge in [-0.2, -0.15) is 0 Å². The van der Waals surface area contributed by atoms with E-state index in [0.29, 0.717) is 23.6 Å². The molecule has 3 nitrogen and oxygen atoms in total. The Bertz CT molecular complexity index is 318. The molecule has 1 aliphatic carbocycles. The van der Waals surface area contributed by atoms with Gasteiger partial charge in [0.1, 0.15) is 0 Å². The van der Waals surface area contributed by atoms with Gasteiger partial charge in [-0.3, -0.25) is 0 Å². The van der Waals surface area contributed by atoms with E-state index >= 15 is 0 Å². The van der Waals surface area contributed by atoms with Crippen LogP contribution in [0.3, 0.4) is 0 Å². The molecule has 2 aliphatic rings. The molecule has 4 atom stereocenters. The first-order valence-corrected chi connectivity index (χ1v) is 8.98. The molecule has 0 radical (unpaired) electrons. The summed E-state index contributed by atoms with van der Waals surface area (Å²) >= 11 is 0. The van der Waals surface area contributed by atoms with Crippen LogP contribution in [-0.2, 0) is 4.74 Å². The van der Waals surface area contributed by atoms with E-state index in [-0.39, 0.29) is 0 Å². The maximum absolute atomic E-state index is 5.75. The van der Waals surface area contributed by atoms with Gasteiger partial charge in [-0.15, -0.1) is 0 Å². The van der Waals surface area contributed by atoms with Crippen molar-refractivity contribution in [3.8, 4) is 0 Å². The Hall–Kier alpha value is -0.120. The van der Waals surface area contributed by atoms with Gasteiger partial charge in [-0.1, -0.05) is 20.8 Å². The van der Waals surface area contributed by atoms with Crippen LogP contribution in [0.2, 0.25) is 0 Å². The summed E-state index contributed by atoms with van der Waals surface area (Å²) in [6, 6.07) is 1.32. The van der Waals surface area contributed by atoms with E-state index in [1.165, 1.54) is 38.6 Å². The summed E-state index contributed by atoms with van der Waals surface area (Å²) in [5.41, 5.74) is 0.508. The summed E-state index contributed by atoms with van der Waals surface area (Å²) in [5, 5.41) is 3.81. The third-order valence-electron chi connectivity index (χ3n) is 5.60. The molecule has 0 spiro atoms. The Kier molecular flexibility index (Phi) is 6.10. The minimum absolute atomic E-state index is 0.397. The summed E-state index contributed by atoms with van der Waals surface area (Å²) in [5.74, 6) is 0.776. The van der Waals surface area contributed by atoms with Crippen molar-refractivity contribution in [2.24, 2.45) is 11.3 Å². The summed E-state index contributed by atoms with van der Waals surface area (Å²) in [6.45, 7) is 12.7. The van der Waals surface area contributed by atoms with Crippen molar-refractivity contribution in [3.63, 3.8) is 0 Å². The number of ether oxygens (including phenoxy) is 1. The smallest absolute Gasteiger partial charge is 0.0702 e.